The summed E-state index contributed by atoms with van der Waals surface area (Å²) in [7, 11) is 0. The number of carbonyl (C=O) groups is 1. The Labute approximate surface area is 136 Å². The Balaban J connectivity index is 1.85. The summed E-state index contributed by atoms with van der Waals surface area (Å²) in [6, 6.07) is 6.30. The minimum atomic E-state index is -0.314. The maximum atomic E-state index is 13.1. The van der Waals surface area contributed by atoms with Gasteiger partial charge >= 0.3 is 0 Å². The molecule has 0 aliphatic heterocycles. The predicted molar refractivity (Wildman–Crippen MR) is 88.2 cm³/mol. The second kappa shape index (κ2) is 8.09. The quantitative estimate of drug-likeness (QED) is 0.756. The lowest BCUT2D eigenvalue weighted by atomic mass is 10.3. The molecule has 0 fully saturated rings. The number of nitrogens with one attached hydrogen (secondary N) is 2. The van der Waals surface area contributed by atoms with Gasteiger partial charge in [-0.25, -0.2) is 4.39 Å². The summed E-state index contributed by atoms with van der Waals surface area (Å²) in [5, 5.41) is 14.4. The van der Waals surface area contributed by atoms with Crippen molar-refractivity contribution in [3.05, 3.63) is 30.1 Å². The van der Waals surface area contributed by atoms with Crippen molar-refractivity contribution < 1.29 is 9.18 Å². The summed E-state index contributed by atoms with van der Waals surface area (Å²) >= 11 is 2.66. The third-order valence-electron chi connectivity index (χ3n) is 2.83. The molecule has 0 radical (unpaired) electrons. The molecule has 0 aliphatic carbocycles. The molecule has 2 rings (SSSR count). The van der Waals surface area contributed by atoms with Gasteiger partial charge in [-0.05, 0) is 31.5 Å². The molecule has 22 heavy (non-hydrogen) atoms. The number of amides is 1. The molecule has 0 saturated carbocycles. The lowest BCUT2D eigenvalue weighted by molar-refractivity contribution is -0.119. The molecular weight excluding hydrogens is 323 g/mol. The van der Waals surface area contributed by atoms with Gasteiger partial charge in [0.1, 0.15) is 5.82 Å². The van der Waals surface area contributed by atoms with E-state index in [9.17, 15) is 9.18 Å². The van der Waals surface area contributed by atoms with Crippen LogP contribution in [-0.2, 0) is 4.79 Å². The molecule has 1 heterocycles. The standard InChI is InChI=1S/C14H17FN4OS2/c1-3-9(2)16-12(20)8-21-14-19-18-13(22-14)17-11-6-4-5-10(15)7-11/h4-7,9H,3,8H2,1-2H3,(H,16,20)(H,17,18)/t9-/m1/s1. The van der Waals surface area contributed by atoms with Crippen LogP contribution in [0.15, 0.2) is 28.6 Å². The Morgan fingerprint density at radius 1 is 1.45 bits per heavy atom. The van der Waals surface area contributed by atoms with Crippen LogP contribution in [0.25, 0.3) is 0 Å². The van der Waals surface area contributed by atoms with Gasteiger partial charge in [0.15, 0.2) is 4.34 Å². The monoisotopic (exact) mass is 340 g/mol. The van der Waals surface area contributed by atoms with Crippen molar-refractivity contribution in [2.75, 3.05) is 11.1 Å². The molecule has 8 heteroatoms. The highest BCUT2D eigenvalue weighted by Crippen LogP contribution is 2.27. The molecule has 1 aromatic heterocycles. The number of anilines is 2. The minimum absolute atomic E-state index is 0.0193. The zero-order valence-electron chi connectivity index (χ0n) is 12.3. The fourth-order valence-corrected chi connectivity index (χ4v) is 3.14. The van der Waals surface area contributed by atoms with Gasteiger partial charge in [-0.1, -0.05) is 36.1 Å². The van der Waals surface area contributed by atoms with Crippen molar-refractivity contribution >= 4 is 39.8 Å². The summed E-state index contributed by atoms with van der Waals surface area (Å²) < 4.78 is 13.8. The molecule has 1 atom stereocenters. The van der Waals surface area contributed by atoms with Crippen molar-refractivity contribution in [2.45, 2.75) is 30.6 Å². The summed E-state index contributed by atoms with van der Waals surface area (Å²) in [6.07, 6.45) is 0.900. The van der Waals surface area contributed by atoms with Crippen molar-refractivity contribution in [3.8, 4) is 0 Å². The van der Waals surface area contributed by atoms with E-state index in [0.717, 1.165) is 6.42 Å². The molecular formula is C14H17FN4OS2. The lowest BCUT2D eigenvalue weighted by Crippen LogP contribution is -2.33. The van der Waals surface area contributed by atoms with Crippen molar-refractivity contribution in [2.24, 2.45) is 0 Å². The van der Waals surface area contributed by atoms with E-state index < -0.39 is 0 Å². The van der Waals surface area contributed by atoms with Crippen LogP contribution >= 0.6 is 23.1 Å². The average Bonchev–Trinajstić information content (AvgIpc) is 2.92. The first-order chi connectivity index (χ1) is 10.6. The Morgan fingerprint density at radius 2 is 2.27 bits per heavy atom. The fraction of sp³-hybridized carbons (Fsp3) is 0.357. The van der Waals surface area contributed by atoms with Gasteiger partial charge in [0.05, 0.1) is 5.75 Å². The summed E-state index contributed by atoms with van der Waals surface area (Å²) in [4.78, 5) is 11.7. The van der Waals surface area contributed by atoms with Gasteiger partial charge in [0.2, 0.25) is 11.0 Å². The van der Waals surface area contributed by atoms with Crippen LogP contribution in [0.4, 0.5) is 15.2 Å². The first-order valence-electron chi connectivity index (χ1n) is 6.85. The first kappa shape index (κ1) is 16.7. The average molecular weight is 340 g/mol. The van der Waals surface area contributed by atoms with Crippen molar-refractivity contribution in [3.63, 3.8) is 0 Å². The van der Waals surface area contributed by atoms with Crippen LogP contribution in [0, 0.1) is 5.82 Å². The number of rotatable bonds is 7. The lowest BCUT2D eigenvalue weighted by Gasteiger charge is -2.09. The molecule has 0 saturated heterocycles. The Morgan fingerprint density at radius 3 is 3.00 bits per heavy atom. The Kier molecular flexibility index (Phi) is 6.14. The van der Waals surface area contributed by atoms with Gasteiger partial charge in [0.25, 0.3) is 0 Å². The summed E-state index contributed by atoms with van der Waals surface area (Å²) in [5.74, 6) is -0.0288. The number of thioether (sulfide) groups is 1. The topological polar surface area (TPSA) is 66.9 Å². The highest BCUT2D eigenvalue weighted by molar-refractivity contribution is 8.01. The molecule has 1 aromatic carbocycles. The summed E-state index contributed by atoms with van der Waals surface area (Å²) in [5.41, 5.74) is 0.613. The van der Waals surface area contributed by atoms with E-state index >= 15 is 0 Å². The van der Waals surface area contributed by atoms with Gasteiger partial charge in [-0.15, -0.1) is 10.2 Å². The van der Waals surface area contributed by atoms with E-state index in [1.807, 2.05) is 13.8 Å². The zero-order chi connectivity index (χ0) is 15.9. The Bertz CT molecular complexity index is 635. The third-order valence-corrected chi connectivity index (χ3v) is 4.80. The third kappa shape index (κ3) is 5.27. The molecule has 0 bridgehead atoms. The Hall–Kier alpha value is -1.67. The van der Waals surface area contributed by atoms with Crippen molar-refractivity contribution in [1.29, 1.82) is 0 Å². The predicted octanol–water partition coefficient (Wildman–Crippen LogP) is 3.43. The van der Waals surface area contributed by atoms with E-state index in [1.165, 1.54) is 35.2 Å². The number of hydrogen-bond acceptors (Lipinski definition) is 6. The molecule has 118 valence electrons. The molecule has 0 unspecified atom stereocenters. The highest BCUT2D eigenvalue weighted by atomic mass is 32.2. The van der Waals surface area contributed by atoms with Gasteiger partial charge < -0.3 is 10.6 Å². The van der Waals surface area contributed by atoms with E-state index in [0.29, 0.717) is 20.9 Å². The second-order valence-electron chi connectivity index (χ2n) is 4.67. The smallest absolute Gasteiger partial charge is 0.230 e. The van der Waals surface area contributed by atoms with Crippen LogP contribution in [0.5, 0.6) is 0 Å². The molecule has 5 nitrogen and oxygen atoms in total. The second-order valence-corrected chi connectivity index (χ2v) is 6.87. The van der Waals surface area contributed by atoms with Crippen LogP contribution < -0.4 is 10.6 Å². The van der Waals surface area contributed by atoms with Crippen LogP contribution in [0.3, 0.4) is 0 Å². The van der Waals surface area contributed by atoms with E-state index in [1.54, 1.807) is 12.1 Å². The number of halogens is 1. The first-order valence-corrected chi connectivity index (χ1v) is 8.65. The van der Waals surface area contributed by atoms with E-state index in [-0.39, 0.29) is 17.8 Å². The molecule has 2 N–H and O–H groups in total. The normalized spacial score (nSPS) is 12.0. The minimum Gasteiger partial charge on any atom is -0.353 e. The number of benzene rings is 1. The summed E-state index contributed by atoms with van der Waals surface area (Å²) in [6.45, 7) is 3.99. The number of aromatic nitrogens is 2. The van der Waals surface area contributed by atoms with Crippen LogP contribution in [0.2, 0.25) is 0 Å². The van der Waals surface area contributed by atoms with Gasteiger partial charge in [-0.2, -0.15) is 0 Å². The molecule has 2 aromatic rings. The van der Waals surface area contributed by atoms with E-state index in [2.05, 4.69) is 20.8 Å². The molecule has 1 amide bonds. The fourth-order valence-electron chi connectivity index (χ4n) is 1.55. The zero-order valence-corrected chi connectivity index (χ0v) is 13.9. The molecule has 0 aliphatic rings. The number of nitrogens with zero attached hydrogens (tertiary/aromatic N) is 2. The molecule has 0 spiro atoms. The highest BCUT2D eigenvalue weighted by Gasteiger charge is 2.10. The van der Waals surface area contributed by atoms with Gasteiger partial charge in [-0.3, -0.25) is 4.79 Å². The van der Waals surface area contributed by atoms with Gasteiger partial charge in [0, 0.05) is 11.7 Å². The number of carbonyl (C=O) groups excluding carboxylic acids is 1. The van der Waals surface area contributed by atoms with Crippen LogP contribution in [0.1, 0.15) is 20.3 Å². The van der Waals surface area contributed by atoms with Crippen LogP contribution in [-0.4, -0.2) is 27.9 Å². The largest absolute Gasteiger partial charge is 0.353 e. The number of hydrogen-bond donors (Lipinski definition) is 2. The maximum absolute atomic E-state index is 13.1. The maximum Gasteiger partial charge on any atom is 0.230 e. The SMILES string of the molecule is CC[C@@H](C)NC(=O)CSc1nnc(Nc2cccc(F)c2)s1. The van der Waals surface area contributed by atoms with E-state index in [4.69, 9.17) is 0 Å². The van der Waals surface area contributed by atoms with Crippen molar-refractivity contribution in [1.82, 2.24) is 15.5 Å².